The van der Waals surface area contributed by atoms with Crippen LogP contribution in [-0.2, 0) is 14.8 Å². The summed E-state index contributed by atoms with van der Waals surface area (Å²) in [6, 6.07) is 9.28. The second-order valence-electron chi connectivity index (χ2n) is 10.5. The lowest BCUT2D eigenvalue weighted by molar-refractivity contribution is -0.118. The number of fused-ring (bicyclic) bond motifs is 1. The molecule has 1 amide bonds. The minimum absolute atomic E-state index is 0.115. The zero-order chi connectivity index (χ0) is 26.3. The van der Waals surface area contributed by atoms with Crippen LogP contribution in [0, 0.1) is 20.8 Å². The van der Waals surface area contributed by atoms with Gasteiger partial charge in [0.05, 0.1) is 10.9 Å². The van der Waals surface area contributed by atoms with Gasteiger partial charge in [-0.05, 0) is 81.5 Å². The number of amides is 1. The quantitative estimate of drug-likeness (QED) is 0.429. The van der Waals surface area contributed by atoms with Crippen molar-refractivity contribution < 1.29 is 13.2 Å². The number of aromatic nitrogens is 1. The van der Waals surface area contributed by atoms with Crippen molar-refractivity contribution in [3.05, 3.63) is 53.2 Å². The van der Waals surface area contributed by atoms with Crippen LogP contribution in [0.2, 0.25) is 0 Å². The molecule has 0 bridgehead atoms. The molecule has 1 atom stereocenters. The SMILES string of the molecule is Cc1ccc(NC2CNC2)c(C)c1NC(=O)C(C)n1cc(C)c2cc(S(=O)(=O)N3CCCCC3)ccc21. The van der Waals surface area contributed by atoms with Crippen molar-refractivity contribution in [3.63, 3.8) is 0 Å². The van der Waals surface area contributed by atoms with E-state index in [4.69, 9.17) is 0 Å². The molecule has 3 heterocycles. The lowest BCUT2D eigenvalue weighted by Gasteiger charge is -2.30. The van der Waals surface area contributed by atoms with Crippen LogP contribution in [0.15, 0.2) is 41.4 Å². The second-order valence-corrected chi connectivity index (χ2v) is 12.4. The third-order valence-corrected chi connectivity index (χ3v) is 9.71. The summed E-state index contributed by atoms with van der Waals surface area (Å²) in [5.74, 6) is -0.115. The molecule has 2 fully saturated rings. The van der Waals surface area contributed by atoms with Crippen molar-refractivity contribution in [3.8, 4) is 0 Å². The molecule has 0 aliphatic carbocycles. The number of piperidine rings is 1. The Morgan fingerprint density at radius 1 is 1.03 bits per heavy atom. The molecule has 2 aromatic carbocycles. The molecule has 2 aliphatic rings. The fraction of sp³-hybridized carbons (Fsp3) is 0.464. The summed E-state index contributed by atoms with van der Waals surface area (Å²) in [7, 11) is -3.52. The van der Waals surface area contributed by atoms with Crippen molar-refractivity contribution in [2.45, 2.75) is 63.9 Å². The van der Waals surface area contributed by atoms with E-state index in [9.17, 15) is 13.2 Å². The normalized spacial score (nSPS) is 17.9. The molecular weight excluding hydrogens is 486 g/mol. The van der Waals surface area contributed by atoms with Crippen molar-refractivity contribution in [2.75, 3.05) is 36.8 Å². The first-order chi connectivity index (χ1) is 17.7. The molecule has 1 aromatic heterocycles. The molecule has 9 heteroatoms. The largest absolute Gasteiger partial charge is 0.379 e. The van der Waals surface area contributed by atoms with Crippen LogP contribution >= 0.6 is 0 Å². The van der Waals surface area contributed by atoms with Crippen molar-refractivity contribution in [2.24, 2.45) is 0 Å². The molecule has 3 aromatic rings. The van der Waals surface area contributed by atoms with Gasteiger partial charge in [0, 0.05) is 54.7 Å². The minimum Gasteiger partial charge on any atom is -0.379 e. The first-order valence-electron chi connectivity index (χ1n) is 13.2. The Labute approximate surface area is 219 Å². The van der Waals surface area contributed by atoms with E-state index in [1.54, 1.807) is 16.4 Å². The summed E-state index contributed by atoms with van der Waals surface area (Å²) >= 11 is 0. The highest BCUT2D eigenvalue weighted by molar-refractivity contribution is 7.89. The average Bonchev–Trinajstić information content (AvgIpc) is 3.20. The summed E-state index contributed by atoms with van der Waals surface area (Å²) in [6.07, 6.45) is 4.82. The van der Waals surface area contributed by atoms with E-state index < -0.39 is 16.1 Å². The zero-order valence-corrected chi connectivity index (χ0v) is 22.9. The fourth-order valence-corrected chi connectivity index (χ4v) is 6.84. The van der Waals surface area contributed by atoms with E-state index in [0.29, 0.717) is 24.0 Å². The molecule has 37 heavy (non-hydrogen) atoms. The first kappa shape index (κ1) is 25.8. The molecule has 1 unspecified atom stereocenters. The number of anilines is 2. The van der Waals surface area contributed by atoms with Crippen molar-refractivity contribution in [1.29, 1.82) is 0 Å². The number of hydrogen-bond acceptors (Lipinski definition) is 5. The predicted octanol–water partition coefficient (Wildman–Crippen LogP) is 4.32. The number of nitrogens with zero attached hydrogens (tertiary/aromatic N) is 2. The fourth-order valence-electron chi connectivity index (χ4n) is 5.30. The Kier molecular flexibility index (Phi) is 7.04. The van der Waals surface area contributed by atoms with Crippen LogP contribution < -0.4 is 16.0 Å². The number of carbonyl (C=O) groups excluding carboxylic acids is 1. The Hall–Kier alpha value is -2.88. The Balaban J connectivity index is 1.40. The number of carbonyl (C=O) groups is 1. The molecule has 198 valence electrons. The van der Waals surface area contributed by atoms with Crippen LogP contribution in [-0.4, -0.2) is 55.4 Å². The molecule has 0 radical (unpaired) electrons. The summed E-state index contributed by atoms with van der Waals surface area (Å²) in [5.41, 5.74) is 5.68. The van der Waals surface area contributed by atoms with Crippen LogP contribution in [0.3, 0.4) is 0 Å². The highest BCUT2D eigenvalue weighted by Gasteiger charge is 2.27. The summed E-state index contributed by atoms with van der Waals surface area (Å²) in [5, 5.41) is 10.8. The van der Waals surface area contributed by atoms with Gasteiger partial charge in [-0.15, -0.1) is 0 Å². The van der Waals surface area contributed by atoms with Gasteiger partial charge in [-0.3, -0.25) is 4.79 Å². The molecule has 0 saturated carbocycles. The smallest absolute Gasteiger partial charge is 0.247 e. The Morgan fingerprint density at radius 2 is 1.76 bits per heavy atom. The van der Waals surface area contributed by atoms with Gasteiger partial charge in [-0.1, -0.05) is 12.5 Å². The van der Waals surface area contributed by atoms with E-state index in [0.717, 1.165) is 71.3 Å². The zero-order valence-electron chi connectivity index (χ0n) is 22.1. The van der Waals surface area contributed by atoms with Crippen molar-refractivity contribution in [1.82, 2.24) is 14.2 Å². The molecular formula is C28H37N5O3S. The number of benzene rings is 2. The molecule has 5 rings (SSSR count). The van der Waals surface area contributed by atoms with E-state index in [-0.39, 0.29) is 5.91 Å². The maximum Gasteiger partial charge on any atom is 0.247 e. The van der Waals surface area contributed by atoms with Gasteiger partial charge in [-0.25, -0.2) is 8.42 Å². The number of rotatable bonds is 7. The third-order valence-electron chi connectivity index (χ3n) is 7.82. The standard InChI is InChI=1S/C28H37N5O3S/c1-18-8-10-25(30-22-15-29-16-22)20(3)27(18)31-28(34)21(4)33-17-19(2)24-14-23(9-11-26(24)33)37(35,36)32-12-6-5-7-13-32/h8-11,14,17,21-22,29-30H,5-7,12-13,15-16H2,1-4H3,(H,31,34). The average molecular weight is 524 g/mol. The van der Waals surface area contributed by atoms with Gasteiger partial charge in [0.2, 0.25) is 15.9 Å². The van der Waals surface area contributed by atoms with Crippen LogP contribution in [0.25, 0.3) is 10.9 Å². The van der Waals surface area contributed by atoms with Crippen LogP contribution in [0.4, 0.5) is 11.4 Å². The Bertz CT molecular complexity index is 1440. The lowest BCUT2D eigenvalue weighted by atomic mass is 10.0. The van der Waals surface area contributed by atoms with E-state index in [1.165, 1.54) is 0 Å². The highest BCUT2D eigenvalue weighted by atomic mass is 32.2. The number of hydrogen-bond donors (Lipinski definition) is 3. The molecule has 3 N–H and O–H groups in total. The van der Waals surface area contributed by atoms with Gasteiger partial charge in [0.15, 0.2) is 0 Å². The summed E-state index contributed by atoms with van der Waals surface area (Å²) in [4.78, 5) is 13.8. The van der Waals surface area contributed by atoms with Crippen LogP contribution in [0.1, 0.15) is 48.9 Å². The second kappa shape index (κ2) is 10.1. The summed E-state index contributed by atoms with van der Waals surface area (Å²) in [6.45, 7) is 10.9. The van der Waals surface area contributed by atoms with E-state index >= 15 is 0 Å². The maximum atomic E-state index is 13.4. The number of nitrogens with one attached hydrogen (secondary N) is 3. The van der Waals surface area contributed by atoms with Gasteiger partial charge in [0.25, 0.3) is 0 Å². The first-order valence-corrected chi connectivity index (χ1v) is 14.6. The van der Waals surface area contributed by atoms with Crippen molar-refractivity contribution >= 4 is 38.2 Å². The molecule has 2 aliphatic heterocycles. The van der Waals surface area contributed by atoms with E-state index in [1.807, 2.05) is 50.6 Å². The van der Waals surface area contributed by atoms with Gasteiger partial charge in [0.1, 0.15) is 6.04 Å². The maximum absolute atomic E-state index is 13.4. The predicted molar refractivity (Wildman–Crippen MR) is 149 cm³/mol. The van der Waals surface area contributed by atoms with Crippen LogP contribution in [0.5, 0.6) is 0 Å². The van der Waals surface area contributed by atoms with Gasteiger partial charge < -0.3 is 20.5 Å². The lowest BCUT2D eigenvalue weighted by Crippen LogP contribution is -2.51. The molecule has 8 nitrogen and oxygen atoms in total. The molecule has 2 saturated heterocycles. The monoisotopic (exact) mass is 523 g/mol. The topological polar surface area (TPSA) is 95.5 Å². The van der Waals surface area contributed by atoms with Gasteiger partial charge >= 0.3 is 0 Å². The van der Waals surface area contributed by atoms with E-state index in [2.05, 4.69) is 22.0 Å². The van der Waals surface area contributed by atoms with Gasteiger partial charge in [-0.2, -0.15) is 4.31 Å². The number of aryl methyl sites for hydroxylation is 2. The highest BCUT2D eigenvalue weighted by Crippen LogP contribution is 2.32. The molecule has 0 spiro atoms. The minimum atomic E-state index is -3.52. The Morgan fingerprint density at radius 3 is 2.43 bits per heavy atom. The summed E-state index contributed by atoms with van der Waals surface area (Å²) < 4.78 is 30.0. The third kappa shape index (κ3) is 4.87. The number of sulfonamides is 1.